The van der Waals surface area contributed by atoms with Crippen molar-refractivity contribution < 1.29 is 0 Å². The van der Waals surface area contributed by atoms with Gasteiger partial charge in [-0.15, -0.1) is 0 Å². The first kappa shape index (κ1) is 12.6. The Balaban J connectivity index is 1.62. The quantitative estimate of drug-likeness (QED) is 0.900. The maximum absolute atomic E-state index is 12.1. The zero-order valence-corrected chi connectivity index (χ0v) is 11.7. The van der Waals surface area contributed by atoms with Crippen molar-refractivity contribution in [2.24, 2.45) is 5.92 Å². The lowest BCUT2D eigenvalue weighted by Crippen LogP contribution is -2.56. The topological polar surface area (TPSA) is 77.2 Å². The third kappa shape index (κ3) is 1.96. The van der Waals surface area contributed by atoms with E-state index in [4.69, 9.17) is 5.26 Å². The number of likely N-dealkylation sites (tertiary alicyclic amines) is 1. The summed E-state index contributed by atoms with van der Waals surface area (Å²) in [6, 6.07) is 4.30. The van der Waals surface area contributed by atoms with Crippen LogP contribution < -0.4 is 5.56 Å². The van der Waals surface area contributed by atoms with Crippen LogP contribution in [0.5, 0.6) is 0 Å². The van der Waals surface area contributed by atoms with E-state index < -0.39 is 0 Å². The van der Waals surface area contributed by atoms with Crippen LogP contribution in [-0.2, 0) is 6.54 Å². The Labute approximate surface area is 122 Å². The first-order valence-electron chi connectivity index (χ1n) is 7.50. The summed E-state index contributed by atoms with van der Waals surface area (Å²) in [4.78, 5) is 19.0. The Bertz CT molecular complexity index is 783. The van der Waals surface area contributed by atoms with Gasteiger partial charge in [0.05, 0.1) is 5.69 Å². The van der Waals surface area contributed by atoms with Crippen LogP contribution in [-0.4, -0.2) is 32.1 Å². The van der Waals surface area contributed by atoms with Crippen LogP contribution in [0.3, 0.4) is 0 Å². The first-order valence-corrected chi connectivity index (χ1v) is 7.50. The second-order valence-electron chi connectivity index (χ2n) is 6.08. The van der Waals surface area contributed by atoms with Gasteiger partial charge in [0.2, 0.25) is 0 Å². The number of fused-ring (bicyclic) bond motifs is 2. The lowest BCUT2D eigenvalue weighted by molar-refractivity contribution is -0.0216. The molecule has 6 heteroatoms. The minimum atomic E-state index is -0.155. The van der Waals surface area contributed by atoms with Crippen molar-refractivity contribution in [3.63, 3.8) is 0 Å². The monoisotopic (exact) mass is 283 g/mol. The molecule has 0 bridgehead atoms. The van der Waals surface area contributed by atoms with Gasteiger partial charge >= 0.3 is 0 Å². The van der Waals surface area contributed by atoms with Gasteiger partial charge in [-0.25, -0.2) is 9.50 Å². The van der Waals surface area contributed by atoms with Crippen LogP contribution in [0, 0.1) is 17.2 Å². The molecule has 2 fully saturated rings. The van der Waals surface area contributed by atoms with Gasteiger partial charge in [0, 0.05) is 31.4 Å². The largest absolute Gasteiger partial charge is 0.295 e. The van der Waals surface area contributed by atoms with E-state index in [0.717, 1.165) is 18.2 Å². The second kappa shape index (κ2) is 4.71. The number of nitriles is 1. The van der Waals surface area contributed by atoms with Gasteiger partial charge in [-0.1, -0.05) is 12.8 Å². The summed E-state index contributed by atoms with van der Waals surface area (Å²) in [6.45, 7) is 1.83. The molecule has 1 aliphatic heterocycles. The summed E-state index contributed by atoms with van der Waals surface area (Å²) in [7, 11) is 0. The predicted molar refractivity (Wildman–Crippen MR) is 76.7 cm³/mol. The molecule has 1 aliphatic carbocycles. The van der Waals surface area contributed by atoms with Gasteiger partial charge in [-0.2, -0.15) is 5.26 Å². The van der Waals surface area contributed by atoms with Crippen molar-refractivity contribution in [3.8, 4) is 6.07 Å². The predicted octanol–water partition coefficient (Wildman–Crippen LogP) is 1.27. The summed E-state index contributed by atoms with van der Waals surface area (Å²) in [5.41, 5.74) is 1.45. The average molecular weight is 283 g/mol. The summed E-state index contributed by atoms with van der Waals surface area (Å²) in [5.74, 6) is 0.838. The van der Waals surface area contributed by atoms with E-state index in [2.05, 4.69) is 21.1 Å². The Hall–Kier alpha value is -2.13. The second-order valence-corrected chi connectivity index (χ2v) is 6.08. The molecular formula is C15H17N5O. The summed E-state index contributed by atoms with van der Waals surface area (Å²) in [6.07, 6.45) is 6.79. The molecule has 2 atom stereocenters. The molecule has 0 aromatic carbocycles. The Morgan fingerprint density at radius 1 is 1.43 bits per heavy atom. The Morgan fingerprint density at radius 2 is 2.29 bits per heavy atom. The Morgan fingerprint density at radius 3 is 3.10 bits per heavy atom. The van der Waals surface area contributed by atoms with Crippen LogP contribution in [0.2, 0.25) is 0 Å². The number of hydrogen-bond donors (Lipinski definition) is 1. The highest BCUT2D eigenvalue weighted by molar-refractivity contribution is 5.53. The van der Waals surface area contributed by atoms with Gasteiger partial charge in [0.1, 0.15) is 11.6 Å². The smallest absolute Gasteiger partial charge is 0.272 e. The van der Waals surface area contributed by atoms with E-state index in [9.17, 15) is 4.79 Å². The molecule has 2 aromatic heterocycles. The lowest BCUT2D eigenvalue weighted by Gasteiger charge is -2.50. The first-order chi connectivity index (χ1) is 10.3. The van der Waals surface area contributed by atoms with Gasteiger partial charge < -0.3 is 0 Å². The molecule has 2 aromatic rings. The van der Waals surface area contributed by atoms with Gasteiger partial charge in [-0.3, -0.25) is 14.8 Å². The van der Waals surface area contributed by atoms with Crippen LogP contribution >= 0.6 is 0 Å². The molecule has 21 heavy (non-hydrogen) atoms. The van der Waals surface area contributed by atoms with Crippen molar-refractivity contribution in [2.45, 2.75) is 38.3 Å². The summed E-state index contributed by atoms with van der Waals surface area (Å²) in [5, 5.41) is 11.8. The fourth-order valence-electron chi connectivity index (χ4n) is 3.76. The van der Waals surface area contributed by atoms with Crippen LogP contribution in [0.1, 0.15) is 36.9 Å². The molecule has 0 unspecified atom stereocenters. The van der Waals surface area contributed by atoms with Crippen molar-refractivity contribution in [3.05, 3.63) is 33.9 Å². The van der Waals surface area contributed by atoms with E-state index in [1.54, 1.807) is 6.07 Å². The third-order valence-corrected chi connectivity index (χ3v) is 4.84. The maximum atomic E-state index is 12.1. The van der Waals surface area contributed by atoms with Gasteiger partial charge in [-0.05, 0) is 18.8 Å². The summed E-state index contributed by atoms with van der Waals surface area (Å²) < 4.78 is 1.32. The number of aromatic nitrogens is 3. The highest BCUT2D eigenvalue weighted by Crippen LogP contribution is 2.37. The highest BCUT2D eigenvalue weighted by atomic mass is 16.1. The number of rotatable bonds is 2. The minimum Gasteiger partial charge on any atom is -0.295 e. The Kier molecular flexibility index (Phi) is 2.82. The van der Waals surface area contributed by atoms with E-state index >= 15 is 0 Å². The average Bonchev–Trinajstić information content (AvgIpc) is 2.88. The number of hydrogen-bond acceptors (Lipinski definition) is 4. The zero-order valence-electron chi connectivity index (χ0n) is 11.7. The molecule has 0 amide bonds. The van der Waals surface area contributed by atoms with E-state index in [-0.39, 0.29) is 5.56 Å². The molecular weight excluding hydrogens is 266 g/mol. The van der Waals surface area contributed by atoms with Crippen LogP contribution in [0.25, 0.3) is 5.65 Å². The van der Waals surface area contributed by atoms with Crippen molar-refractivity contribution in [2.75, 3.05) is 6.54 Å². The summed E-state index contributed by atoms with van der Waals surface area (Å²) >= 11 is 0. The van der Waals surface area contributed by atoms with Crippen LogP contribution in [0.15, 0.2) is 17.1 Å². The highest BCUT2D eigenvalue weighted by Gasteiger charge is 2.39. The fraction of sp³-hybridized carbons (Fsp3) is 0.533. The molecule has 0 spiro atoms. The third-order valence-electron chi connectivity index (χ3n) is 4.84. The molecule has 4 rings (SSSR count). The maximum Gasteiger partial charge on any atom is 0.272 e. The standard InChI is InChI=1S/C15H17N5O/c16-6-11-7-17-20-14(21)5-12(18-15(11)20)9-19-8-10-3-1-2-4-13(10)19/h5,7,10,13,17H,1-4,8-9H2/t10-,13-/m0/s1. The molecule has 6 nitrogen and oxygen atoms in total. The van der Waals surface area contributed by atoms with E-state index in [1.807, 2.05) is 0 Å². The molecule has 1 N–H and O–H groups in total. The molecule has 2 aliphatic rings. The van der Waals surface area contributed by atoms with Crippen LogP contribution in [0.4, 0.5) is 0 Å². The molecule has 1 saturated carbocycles. The van der Waals surface area contributed by atoms with E-state index in [0.29, 0.717) is 23.8 Å². The number of H-pyrrole nitrogens is 1. The molecule has 3 heterocycles. The van der Waals surface area contributed by atoms with Crippen molar-refractivity contribution in [1.82, 2.24) is 19.5 Å². The minimum absolute atomic E-state index is 0.155. The molecule has 1 saturated heterocycles. The van der Waals surface area contributed by atoms with Crippen molar-refractivity contribution in [1.29, 1.82) is 5.26 Å². The molecule has 108 valence electrons. The zero-order chi connectivity index (χ0) is 14.4. The molecule has 0 radical (unpaired) electrons. The SMILES string of the molecule is N#Cc1c[nH]n2c(=O)cc(CN3C[C@@H]4CCCC[C@@H]43)nc12. The van der Waals surface area contributed by atoms with Gasteiger partial charge in [0.15, 0.2) is 5.65 Å². The fourth-order valence-corrected chi connectivity index (χ4v) is 3.76. The van der Waals surface area contributed by atoms with E-state index in [1.165, 1.54) is 36.4 Å². The number of aromatic amines is 1. The number of nitrogens with one attached hydrogen (secondary N) is 1. The van der Waals surface area contributed by atoms with Crippen molar-refractivity contribution >= 4 is 5.65 Å². The lowest BCUT2D eigenvalue weighted by atomic mass is 9.77. The normalized spacial score (nSPS) is 25.3. The number of nitrogens with zero attached hydrogens (tertiary/aromatic N) is 4. The van der Waals surface area contributed by atoms with Gasteiger partial charge in [0.25, 0.3) is 5.56 Å².